The van der Waals surface area contributed by atoms with Crippen molar-refractivity contribution in [3.05, 3.63) is 35.9 Å². The fourth-order valence-electron chi connectivity index (χ4n) is 2.53. The van der Waals surface area contributed by atoms with Crippen molar-refractivity contribution in [1.29, 1.82) is 0 Å². The van der Waals surface area contributed by atoms with Gasteiger partial charge in [-0.25, -0.2) is 0 Å². The van der Waals surface area contributed by atoms with Gasteiger partial charge in [-0.3, -0.25) is 4.90 Å². The highest BCUT2D eigenvalue weighted by molar-refractivity contribution is 5.18. The van der Waals surface area contributed by atoms with E-state index in [1.807, 2.05) is 37.3 Å². The predicted molar refractivity (Wildman–Crippen MR) is 76.4 cm³/mol. The lowest BCUT2D eigenvalue weighted by Crippen LogP contribution is -2.60. The van der Waals surface area contributed by atoms with Gasteiger partial charge in [-0.05, 0) is 19.5 Å². The maximum Gasteiger partial charge on any atom is 0.139 e. The molecule has 0 radical (unpaired) electrons. The van der Waals surface area contributed by atoms with E-state index in [9.17, 15) is 20.4 Å². The van der Waals surface area contributed by atoms with E-state index in [4.69, 9.17) is 4.74 Å². The van der Waals surface area contributed by atoms with Crippen LogP contribution in [0.1, 0.15) is 18.6 Å². The summed E-state index contributed by atoms with van der Waals surface area (Å²) >= 11 is 0. The molecule has 118 valence electrons. The Kier molecular flexibility index (Phi) is 5.32. The van der Waals surface area contributed by atoms with Crippen LogP contribution < -0.4 is 0 Å². The minimum absolute atomic E-state index is 0.0542. The van der Waals surface area contributed by atoms with E-state index in [-0.39, 0.29) is 12.6 Å². The average Bonchev–Trinajstić information content (AvgIpc) is 2.51. The molecule has 0 spiro atoms. The van der Waals surface area contributed by atoms with Gasteiger partial charge in [0.1, 0.15) is 24.5 Å². The fourth-order valence-corrected chi connectivity index (χ4v) is 2.53. The molecule has 1 aromatic rings. The molecule has 1 aliphatic rings. The minimum atomic E-state index is -1.26. The van der Waals surface area contributed by atoms with Crippen LogP contribution in [0.2, 0.25) is 0 Å². The Morgan fingerprint density at radius 3 is 2.38 bits per heavy atom. The van der Waals surface area contributed by atoms with Crippen LogP contribution >= 0.6 is 0 Å². The summed E-state index contributed by atoms with van der Waals surface area (Å²) in [5, 5.41) is 39.6. The van der Waals surface area contributed by atoms with E-state index >= 15 is 0 Å². The molecule has 1 saturated heterocycles. The lowest BCUT2D eigenvalue weighted by atomic mass is 9.99. The molecule has 6 heteroatoms. The molecule has 1 aromatic carbocycles. The highest BCUT2D eigenvalue weighted by atomic mass is 16.5. The van der Waals surface area contributed by atoms with E-state index in [0.717, 1.165) is 5.56 Å². The number of hydrogen-bond acceptors (Lipinski definition) is 6. The van der Waals surface area contributed by atoms with E-state index in [1.54, 1.807) is 11.9 Å². The molecule has 0 aromatic heterocycles. The molecule has 4 N–H and O–H groups in total. The summed E-state index contributed by atoms with van der Waals surface area (Å²) in [6, 6.07) is 8.87. The molecule has 1 heterocycles. The van der Waals surface area contributed by atoms with Gasteiger partial charge in [0.2, 0.25) is 0 Å². The molecule has 1 fully saturated rings. The molecule has 0 saturated carbocycles. The number of benzene rings is 1. The largest absolute Gasteiger partial charge is 0.388 e. The molecular formula is C15H23NO5. The summed E-state index contributed by atoms with van der Waals surface area (Å²) in [5.41, 5.74) is 0.766. The Balaban J connectivity index is 2.07. The van der Waals surface area contributed by atoms with Crippen molar-refractivity contribution < 1.29 is 25.2 Å². The first-order valence-electron chi connectivity index (χ1n) is 7.04. The number of hydrogen-bond donors (Lipinski definition) is 4. The van der Waals surface area contributed by atoms with Gasteiger partial charge in [0.05, 0.1) is 12.7 Å². The van der Waals surface area contributed by atoms with Crippen LogP contribution in [0.15, 0.2) is 30.3 Å². The molecule has 6 nitrogen and oxygen atoms in total. The number of ether oxygens (including phenoxy) is 1. The maximum absolute atomic E-state index is 10.4. The Hall–Kier alpha value is -1.02. The van der Waals surface area contributed by atoms with Crippen molar-refractivity contribution in [2.75, 3.05) is 13.7 Å². The summed E-state index contributed by atoms with van der Waals surface area (Å²) in [6.07, 6.45) is -5.12. The quantitative estimate of drug-likeness (QED) is 0.597. The SMILES string of the molecule is C[C@H]([C@H](O)c1ccccc1)N(C)[C@@H]1OC[C@H](O)[C@H](O)[C@@H]1O. The van der Waals surface area contributed by atoms with Crippen molar-refractivity contribution in [3.63, 3.8) is 0 Å². The highest BCUT2D eigenvalue weighted by Crippen LogP contribution is 2.25. The topological polar surface area (TPSA) is 93.4 Å². The smallest absolute Gasteiger partial charge is 0.139 e. The molecular weight excluding hydrogens is 274 g/mol. The number of nitrogens with zero attached hydrogens (tertiary/aromatic N) is 1. The first-order valence-corrected chi connectivity index (χ1v) is 7.04. The van der Waals surface area contributed by atoms with Crippen molar-refractivity contribution in [2.45, 2.75) is 43.6 Å². The van der Waals surface area contributed by atoms with Gasteiger partial charge in [-0.1, -0.05) is 30.3 Å². The normalized spacial score (nSPS) is 32.9. The zero-order chi connectivity index (χ0) is 15.6. The highest BCUT2D eigenvalue weighted by Gasteiger charge is 2.41. The second-order valence-electron chi connectivity index (χ2n) is 5.53. The molecule has 21 heavy (non-hydrogen) atoms. The standard InChI is InChI=1S/C15H23NO5/c1-9(12(18)10-6-4-3-5-7-10)16(2)15-14(20)13(19)11(17)8-21-15/h3-7,9,11-15,17-20H,8H2,1-2H3/t9-,11+,12+,13+,14+,15-/m1/s1. The first kappa shape index (κ1) is 16.4. The molecule has 0 aliphatic carbocycles. The lowest BCUT2D eigenvalue weighted by molar-refractivity contribution is -0.233. The van der Waals surface area contributed by atoms with Crippen molar-refractivity contribution in [2.24, 2.45) is 0 Å². The minimum Gasteiger partial charge on any atom is -0.388 e. The molecule has 6 atom stereocenters. The second kappa shape index (κ2) is 6.83. The van der Waals surface area contributed by atoms with Crippen LogP contribution in [0.3, 0.4) is 0 Å². The first-order chi connectivity index (χ1) is 9.93. The summed E-state index contributed by atoms with van der Waals surface area (Å²) in [5.74, 6) is 0. The molecule has 0 unspecified atom stereocenters. The van der Waals surface area contributed by atoms with Gasteiger partial charge >= 0.3 is 0 Å². The third kappa shape index (κ3) is 3.42. The molecule has 0 amide bonds. The van der Waals surface area contributed by atoms with Crippen molar-refractivity contribution in [3.8, 4) is 0 Å². The van der Waals surface area contributed by atoms with Gasteiger partial charge in [-0.2, -0.15) is 0 Å². The summed E-state index contributed by atoms with van der Waals surface area (Å²) < 4.78 is 5.40. The monoisotopic (exact) mass is 297 g/mol. The van der Waals surface area contributed by atoms with Crippen molar-refractivity contribution in [1.82, 2.24) is 4.90 Å². The van der Waals surface area contributed by atoms with Crippen LogP contribution in [0.25, 0.3) is 0 Å². The van der Waals surface area contributed by atoms with Crippen LogP contribution in [0.5, 0.6) is 0 Å². The zero-order valence-corrected chi connectivity index (χ0v) is 12.2. The summed E-state index contributed by atoms with van der Waals surface area (Å²) in [7, 11) is 1.70. The van der Waals surface area contributed by atoms with Gasteiger partial charge in [0.25, 0.3) is 0 Å². The molecule has 1 aliphatic heterocycles. The average molecular weight is 297 g/mol. The van der Waals surface area contributed by atoms with Crippen LogP contribution in [-0.2, 0) is 4.74 Å². The Morgan fingerprint density at radius 1 is 1.14 bits per heavy atom. The third-order valence-electron chi connectivity index (χ3n) is 4.12. The van der Waals surface area contributed by atoms with Crippen LogP contribution in [0.4, 0.5) is 0 Å². The molecule has 2 rings (SSSR count). The maximum atomic E-state index is 10.4. The van der Waals surface area contributed by atoms with Crippen molar-refractivity contribution >= 4 is 0 Å². The van der Waals surface area contributed by atoms with Crippen LogP contribution in [0, 0.1) is 0 Å². The Bertz CT molecular complexity index is 443. The zero-order valence-electron chi connectivity index (χ0n) is 12.2. The number of aliphatic hydroxyl groups excluding tert-OH is 4. The predicted octanol–water partition coefficient (Wildman–Crippen LogP) is -0.521. The van der Waals surface area contributed by atoms with Crippen LogP contribution in [-0.4, -0.2) is 69.6 Å². The van der Waals surface area contributed by atoms with E-state index in [1.165, 1.54) is 0 Å². The van der Waals surface area contributed by atoms with E-state index < -0.39 is 30.6 Å². The second-order valence-corrected chi connectivity index (χ2v) is 5.53. The van der Waals surface area contributed by atoms with E-state index in [2.05, 4.69) is 0 Å². The van der Waals surface area contributed by atoms with Gasteiger partial charge in [-0.15, -0.1) is 0 Å². The number of likely N-dealkylation sites (N-methyl/N-ethyl adjacent to an activating group) is 1. The number of rotatable bonds is 4. The lowest BCUT2D eigenvalue weighted by Gasteiger charge is -2.43. The summed E-state index contributed by atoms with van der Waals surface area (Å²) in [4.78, 5) is 1.66. The Labute approximate surface area is 124 Å². The fraction of sp³-hybridized carbons (Fsp3) is 0.600. The van der Waals surface area contributed by atoms with Gasteiger partial charge < -0.3 is 25.2 Å². The van der Waals surface area contributed by atoms with Gasteiger partial charge in [0, 0.05) is 6.04 Å². The molecule has 0 bridgehead atoms. The third-order valence-corrected chi connectivity index (χ3v) is 4.12. The van der Waals surface area contributed by atoms with E-state index in [0.29, 0.717) is 0 Å². The summed E-state index contributed by atoms with van der Waals surface area (Å²) in [6.45, 7) is 1.76. The van der Waals surface area contributed by atoms with Gasteiger partial charge in [0.15, 0.2) is 0 Å². The Morgan fingerprint density at radius 2 is 1.76 bits per heavy atom. The number of aliphatic hydroxyl groups is 4.